The fraction of sp³-hybridized carbons (Fsp3) is 0.471. The van der Waals surface area contributed by atoms with E-state index in [1.807, 2.05) is 29.1 Å². The number of rotatable bonds is 6. The highest BCUT2D eigenvalue weighted by Gasteiger charge is 2.20. The number of aromatic nitrogens is 2. The molecule has 1 aliphatic rings. The molecule has 0 radical (unpaired) electrons. The van der Waals surface area contributed by atoms with E-state index >= 15 is 0 Å². The van der Waals surface area contributed by atoms with Crippen LogP contribution in [0.25, 0.3) is 0 Å². The van der Waals surface area contributed by atoms with E-state index in [-0.39, 0.29) is 0 Å². The highest BCUT2D eigenvalue weighted by Crippen LogP contribution is 2.27. The Morgan fingerprint density at radius 3 is 3.09 bits per heavy atom. The summed E-state index contributed by atoms with van der Waals surface area (Å²) in [5, 5.41) is 11.5. The van der Waals surface area contributed by atoms with Crippen LogP contribution in [0.3, 0.4) is 0 Å². The van der Waals surface area contributed by atoms with Crippen LogP contribution in [0.1, 0.15) is 24.9 Å². The number of hydrogen-bond donors (Lipinski definition) is 2. The molecule has 0 bridgehead atoms. The summed E-state index contributed by atoms with van der Waals surface area (Å²) >= 11 is 0. The first-order valence-corrected chi connectivity index (χ1v) is 7.93. The van der Waals surface area contributed by atoms with Crippen LogP contribution in [-0.2, 0) is 6.54 Å². The Labute approximate surface area is 131 Å². The van der Waals surface area contributed by atoms with Crippen LogP contribution < -0.4 is 15.4 Å². The minimum atomic E-state index is 0.315. The summed E-state index contributed by atoms with van der Waals surface area (Å²) in [4.78, 5) is 0. The summed E-state index contributed by atoms with van der Waals surface area (Å²) in [6, 6.07) is 10.6. The number of anilines is 1. The number of fused-ring (bicyclic) bond motifs is 1. The number of para-hydroxylation sites is 1. The van der Waals surface area contributed by atoms with Crippen LogP contribution in [0.15, 0.2) is 36.5 Å². The van der Waals surface area contributed by atoms with Gasteiger partial charge in [-0.05, 0) is 12.5 Å². The Hall–Kier alpha value is -2.01. The molecule has 0 saturated heterocycles. The van der Waals surface area contributed by atoms with Gasteiger partial charge < -0.3 is 15.4 Å². The van der Waals surface area contributed by atoms with Crippen LogP contribution in [0.5, 0.6) is 5.75 Å². The molecule has 2 atom stereocenters. The summed E-state index contributed by atoms with van der Waals surface area (Å²) in [5.41, 5.74) is 1.23. The molecule has 0 amide bonds. The van der Waals surface area contributed by atoms with Crippen molar-refractivity contribution in [3.63, 3.8) is 0 Å². The zero-order chi connectivity index (χ0) is 15.4. The monoisotopic (exact) mass is 300 g/mol. The van der Waals surface area contributed by atoms with E-state index in [0.717, 1.165) is 37.6 Å². The molecule has 0 saturated carbocycles. The molecule has 0 spiro atoms. The number of benzene rings is 1. The molecule has 2 aromatic rings. The second kappa shape index (κ2) is 6.83. The van der Waals surface area contributed by atoms with Crippen molar-refractivity contribution in [2.24, 2.45) is 5.92 Å². The van der Waals surface area contributed by atoms with Gasteiger partial charge in [0, 0.05) is 43.2 Å². The summed E-state index contributed by atoms with van der Waals surface area (Å²) in [5.74, 6) is 2.61. The van der Waals surface area contributed by atoms with Crippen molar-refractivity contribution in [1.82, 2.24) is 15.1 Å². The summed E-state index contributed by atoms with van der Waals surface area (Å²) < 4.78 is 7.53. The lowest BCUT2D eigenvalue weighted by molar-refractivity contribution is 0.357. The molecular weight excluding hydrogens is 276 g/mol. The van der Waals surface area contributed by atoms with Gasteiger partial charge in [-0.2, -0.15) is 5.10 Å². The smallest absolute Gasteiger partial charge is 0.124 e. The molecule has 5 nitrogen and oxygen atoms in total. The Morgan fingerprint density at radius 1 is 1.41 bits per heavy atom. The second-order valence-corrected chi connectivity index (χ2v) is 5.76. The van der Waals surface area contributed by atoms with Gasteiger partial charge in [0.15, 0.2) is 0 Å². The Bertz CT molecular complexity index is 610. The van der Waals surface area contributed by atoms with Crippen molar-refractivity contribution >= 4 is 5.82 Å². The van der Waals surface area contributed by atoms with Gasteiger partial charge in [-0.25, -0.2) is 4.68 Å². The topological polar surface area (TPSA) is 51.1 Å². The lowest BCUT2D eigenvalue weighted by atomic mass is 10.0. The molecule has 1 aromatic carbocycles. The molecule has 3 rings (SSSR count). The second-order valence-electron chi connectivity index (χ2n) is 5.76. The average Bonchev–Trinajstić information content (AvgIpc) is 3.03. The van der Waals surface area contributed by atoms with Crippen molar-refractivity contribution in [2.75, 3.05) is 25.5 Å². The lowest BCUT2D eigenvalue weighted by Gasteiger charge is -2.27. The molecule has 2 heterocycles. The summed E-state index contributed by atoms with van der Waals surface area (Å²) in [7, 11) is 1.73. The van der Waals surface area contributed by atoms with Crippen LogP contribution in [-0.4, -0.2) is 30.0 Å². The highest BCUT2D eigenvalue weighted by molar-refractivity contribution is 5.36. The zero-order valence-electron chi connectivity index (χ0n) is 13.2. The van der Waals surface area contributed by atoms with E-state index in [4.69, 9.17) is 4.74 Å². The third kappa shape index (κ3) is 3.09. The van der Waals surface area contributed by atoms with E-state index in [0.29, 0.717) is 12.0 Å². The zero-order valence-corrected chi connectivity index (χ0v) is 13.2. The summed E-state index contributed by atoms with van der Waals surface area (Å²) in [6.45, 7) is 5.11. The first-order chi connectivity index (χ1) is 10.8. The van der Waals surface area contributed by atoms with Gasteiger partial charge in [0.1, 0.15) is 11.6 Å². The fourth-order valence-corrected chi connectivity index (χ4v) is 3.06. The molecule has 1 aliphatic heterocycles. The number of methoxy groups -OCH3 is 1. The largest absolute Gasteiger partial charge is 0.496 e. The van der Waals surface area contributed by atoms with E-state index in [1.54, 1.807) is 7.11 Å². The Balaban J connectivity index is 1.62. The van der Waals surface area contributed by atoms with E-state index in [1.165, 1.54) is 5.56 Å². The van der Waals surface area contributed by atoms with Gasteiger partial charge in [0.2, 0.25) is 0 Å². The molecule has 2 N–H and O–H groups in total. The molecule has 0 aliphatic carbocycles. The van der Waals surface area contributed by atoms with Crippen LogP contribution >= 0.6 is 0 Å². The van der Waals surface area contributed by atoms with Crippen molar-refractivity contribution in [3.8, 4) is 5.75 Å². The van der Waals surface area contributed by atoms with Crippen molar-refractivity contribution in [3.05, 3.63) is 42.1 Å². The number of hydrogen-bond acceptors (Lipinski definition) is 4. The maximum Gasteiger partial charge on any atom is 0.124 e. The van der Waals surface area contributed by atoms with E-state index < -0.39 is 0 Å². The fourth-order valence-electron chi connectivity index (χ4n) is 3.06. The van der Waals surface area contributed by atoms with Gasteiger partial charge >= 0.3 is 0 Å². The molecular formula is C17H24N4O. The SMILES string of the molecule is CC[C@@H](NC[C@H]1CNc2ccnn2C1)c1ccccc1OC. The number of nitrogens with zero attached hydrogens (tertiary/aromatic N) is 2. The van der Waals surface area contributed by atoms with Crippen LogP contribution in [0, 0.1) is 5.92 Å². The highest BCUT2D eigenvalue weighted by atomic mass is 16.5. The molecule has 0 fully saturated rings. The van der Waals surface area contributed by atoms with Crippen molar-refractivity contribution in [2.45, 2.75) is 25.9 Å². The molecule has 22 heavy (non-hydrogen) atoms. The lowest BCUT2D eigenvalue weighted by Crippen LogP contribution is -2.36. The van der Waals surface area contributed by atoms with Gasteiger partial charge in [0.05, 0.1) is 13.3 Å². The Kier molecular flexibility index (Phi) is 4.63. The normalized spacial score (nSPS) is 18.4. The molecule has 118 valence electrons. The van der Waals surface area contributed by atoms with E-state index in [9.17, 15) is 0 Å². The van der Waals surface area contributed by atoms with Crippen LogP contribution in [0.2, 0.25) is 0 Å². The maximum atomic E-state index is 5.49. The third-order valence-corrected chi connectivity index (χ3v) is 4.30. The molecule has 0 unspecified atom stereocenters. The average molecular weight is 300 g/mol. The minimum Gasteiger partial charge on any atom is -0.496 e. The maximum absolute atomic E-state index is 5.49. The van der Waals surface area contributed by atoms with Gasteiger partial charge in [0.25, 0.3) is 0 Å². The standard InChI is InChI=1S/C17H24N4O/c1-3-15(14-6-4-5-7-16(14)22-2)18-10-13-11-19-17-8-9-20-21(17)12-13/h4-9,13,15,18-19H,3,10-12H2,1-2H3/t13-,15+/m0/s1. The predicted molar refractivity (Wildman–Crippen MR) is 88.2 cm³/mol. The summed E-state index contributed by atoms with van der Waals surface area (Å²) in [6.07, 6.45) is 2.88. The Morgan fingerprint density at radius 2 is 2.27 bits per heavy atom. The molecule has 5 heteroatoms. The predicted octanol–water partition coefficient (Wildman–Crippen LogP) is 2.67. The minimum absolute atomic E-state index is 0.315. The quantitative estimate of drug-likeness (QED) is 0.861. The third-order valence-electron chi connectivity index (χ3n) is 4.30. The van der Waals surface area contributed by atoms with Crippen molar-refractivity contribution in [1.29, 1.82) is 0 Å². The molecule has 1 aromatic heterocycles. The van der Waals surface area contributed by atoms with Gasteiger partial charge in [-0.3, -0.25) is 0 Å². The van der Waals surface area contributed by atoms with Crippen molar-refractivity contribution < 1.29 is 4.74 Å². The first-order valence-electron chi connectivity index (χ1n) is 7.93. The van der Waals surface area contributed by atoms with E-state index in [2.05, 4.69) is 34.8 Å². The first kappa shape index (κ1) is 14.9. The number of ether oxygens (including phenoxy) is 1. The van der Waals surface area contributed by atoms with Gasteiger partial charge in [-0.1, -0.05) is 25.1 Å². The number of nitrogens with one attached hydrogen (secondary N) is 2. The van der Waals surface area contributed by atoms with Gasteiger partial charge in [-0.15, -0.1) is 0 Å². The van der Waals surface area contributed by atoms with Crippen LogP contribution in [0.4, 0.5) is 5.82 Å².